The Morgan fingerprint density at radius 2 is 0.881 bits per heavy atom. The number of halogens is 3. The van der Waals surface area contributed by atoms with Gasteiger partial charge in [-0.1, -0.05) is 108 Å². The summed E-state index contributed by atoms with van der Waals surface area (Å²) in [6, 6.07) is 41.0. The Morgan fingerprint density at radius 3 is 1.17 bits per heavy atom. The Morgan fingerprint density at radius 1 is 0.584 bits per heavy atom. The van der Waals surface area contributed by atoms with Crippen molar-refractivity contribution < 1.29 is 248 Å². The Hall–Kier alpha value is -0.726. The fourth-order valence-electron chi connectivity index (χ4n) is 7.23. The normalized spacial score (nSPS) is 12.5. The monoisotopic (exact) mass is 1930 g/mol. The molecule has 101 heavy (non-hydrogen) atoms. The van der Waals surface area contributed by atoms with E-state index in [1.165, 1.54) is 65.0 Å². The van der Waals surface area contributed by atoms with Gasteiger partial charge in [0.1, 0.15) is 47.5 Å². The summed E-state index contributed by atoms with van der Waals surface area (Å²) in [5.74, 6) is -0.142. The Balaban J connectivity index is 0.00000127. The molecule has 9 rings (SSSR count). The van der Waals surface area contributed by atoms with E-state index in [1.807, 2.05) is 48.5 Å². The maximum absolute atomic E-state index is 12.7. The third-order valence-electron chi connectivity index (χ3n) is 12.0. The van der Waals surface area contributed by atoms with Gasteiger partial charge in [0.2, 0.25) is 0 Å². The van der Waals surface area contributed by atoms with Crippen molar-refractivity contribution in [1.82, 2.24) is 23.8 Å². The number of hydrogen-bond acceptors (Lipinski definition) is 29. The molecule has 4 heterocycles. The van der Waals surface area contributed by atoms with Crippen molar-refractivity contribution in [3.05, 3.63) is 156 Å². The first kappa shape index (κ1) is 98.3. The number of rotatable bonds is 24. The van der Waals surface area contributed by atoms with Crippen LogP contribution in [0.15, 0.2) is 162 Å². The number of non-ortho nitro benzene ring substituents is 1. The van der Waals surface area contributed by atoms with E-state index in [2.05, 4.69) is 18.7 Å². The van der Waals surface area contributed by atoms with Crippen molar-refractivity contribution >= 4 is 203 Å². The van der Waals surface area contributed by atoms with E-state index in [-0.39, 0.29) is 186 Å². The van der Waals surface area contributed by atoms with E-state index in [0.29, 0.717) is 8.61 Å². The molecule has 5 aromatic carbocycles. The molecule has 49 heteroatoms. The van der Waals surface area contributed by atoms with Crippen LogP contribution in [0.25, 0.3) is 40.3 Å². The molecule has 32 nitrogen and oxygen atoms in total. The minimum atomic E-state index is -4.63. The topological polar surface area (TPSA) is 488 Å². The van der Waals surface area contributed by atoms with E-state index in [0.717, 1.165) is 117 Å². The standard InChI is InChI=1S/C16H15N2O7PS2.C12H16NO5PS2.C11H14NO5PS2.C10H12NO5PS2.C2Cl3N.CH2O3.2Cs.H3N.H/c1-17(28(23,24)16-10-12-4-2-3-5-15(12)27-16)11-26(21,22)25-14-8-6-13(7-9-14)18(19)20;1-13(9-19(14,17-2)18-3)21(15,16)12-8-10-6-4-5-7-11(10)20-12;1-16-18(13,17-2)8-12-20(14,15)11-7-9-5-3-4-6-10(9)19-11;1-11(7-17(12,13)14)19(15,16)10-6-8-4-2-3-5-9(8)18-10;3-2(4,5)1-6;2-1-4-3;;;;/h2-10H,11H2,1H3,(H,21,22);4-8H,9H2,1-3H3;3-7,12H,8H2,1-2H3;2-6H,7H2,1H3,(H2,12,13,14);;1,3H;;;1H3;/q;;;;;;2*+1;;-1/p-2. The van der Waals surface area contributed by atoms with Gasteiger partial charge in [-0.05, 0) is 82.2 Å². The van der Waals surface area contributed by atoms with Crippen LogP contribution in [0.1, 0.15) is 1.43 Å². The Bertz CT molecular complexity index is 4810. The SMILES string of the molecule is CN(CP(=O)(O)O)S(=O)(=O)c1cc2ccccc2s1.CN(CP(=O)([O-])Oc1ccc([N+](=O)[O-])cc1)S(=O)(=O)c1cc2ccccc2s1.COP(=O)(CN(C)S(=O)(=O)c1cc2ccccc2s1)OC.COP(=O)(CNS(=O)(=O)c1cc2ccccc2s1)OC.N.N#CC(Cl)(Cl)Cl.O=CO[O-].[Cs+].[Cs+].[H-]. The van der Waals surface area contributed by atoms with Crippen LogP contribution >= 0.6 is 111 Å². The van der Waals surface area contributed by atoms with Crippen molar-refractivity contribution in [3.63, 3.8) is 0 Å². The van der Waals surface area contributed by atoms with Crippen molar-refractivity contribution in [2.75, 3.05) is 74.7 Å². The molecule has 0 saturated heterocycles. The zero-order valence-electron chi connectivity index (χ0n) is 55.2. The average Bonchev–Trinajstić information content (AvgIpc) is 1.63. The number of nitrogens with one attached hydrogen (secondary N) is 1. The number of sulfonamides is 4. The number of carbonyl (C=O) groups excluding carboxylic acids is 1. The summed E-state index contributed by atoms with van der Waals surface area (Å²) < 4.78 is 177. The van der Waals surface area contributed by atoms with Crippen LogP contribution in [0.4, 0.5) is 5.69 Å². The number of nitro benzene ring substituents is 1. The first-order valence-corrected chi connectivity index (χ1v) is 43.4. The number of benzene rings is 5. The molecule has 0 spiro atoms. The van der Waals surface area contributed by atoms with Crippen LogP contribution in [0.5, 0.6) is 5.75 Å². The van der Waals surface area contributed by atoms with Gasteiger partial charge in [-0.2, -0.15) is 22.9 Å². The number of fused-ring (bicyclic) bond motifs is 4. The van der Waals surface area contributed by atoms with Crippen LogP contribution in [0.2, 0.25) is 0 Å². The van der Waals surface area contributed by atoms with Gasteiger partial charge in [-0.15, -0.1) is 45.3 Å². The van der Waals surface area contributed by atoms with Crippen molar-refractivity contribution in [2.45, 2.75) is 20.6 Å². The van der Waals surface area contributed by atoms with Gasteiger partial charge in [0.15, 0.2) is 7.60 Å². The molecule has 4 aromatic heterocycles. The fourth-order valence-corrected chi connectivity index (χ4v) is 23.9. The van der Waals surface area contributed by atoms with Crippen molar-refractivity contribution in [1.29, 1.82) is 5.26 Å². The molecule has 9 aromatic rings. The van der Waals surface area contributed by atoms with Crippen LogP contribution in [-0.2, 0) is 86.1 Å². The molecule has 0 amide bonds. The van der Waals surface area contributed by atoms with Crippen LogP contribution in [-0.4, -0.2) is 146 Å². The Labute approximate surface area is 731 Å². The maximum atomic E-state index is 12.7. The fraction of sp³-hybridized carbons (Fsp3) is 0.231. The average molecular weight is 1940 g/mol. The predicted molar refractivity (Wildman–Crippen MR) is 378 cm³/mol. The van der Waals surface area contributed by atoms with Crippen molar-refractivity contribution in [2.24, 2.45) is 0 Å². The third-order valence-corrected chi connectivity index (χ3v) is 31.7. The van der Waals surface area contributed by atoms with Gasteiger partial charge in [0, 0.05) is 80.5 Å². The first-order chi connectivity index (χ1) is 45.5. The van der Waals surface area contributed by atoms with Crippen molar-refractivity contribution in [3.8, 4) is 11.8 Å². The number of thiophene rings is 4. The van der Waals surface area contributed by atoms with Gasteiger partial charge in [-0.3, -0.25) is 33.2 Å². The molecular weight excluding hydrogens is 1880 g/mol. The summed E-state index contributed by atoms with van der Waals surface area (Å²) >= 11 is 19.1. The van der Waals surface area contributed by atoms with Gasteiger partial charge >= 0.3 is 161 Å². The Kier molecular flexibility index (Phi) is 42.4. The number of nitriles is 1. The van der Waals surface area contributed by atoms with Crippen LogP contribution < -0.4 is 163 Å². The minimum absolute atomic E-state index is 0. The zero-order chi connectivity index (χ0) is 73.9. The molecule has 1 unspecified atom stereocenters. The number of hydrogen-bond donors (Lipinski definition) is 4. The van der Waals surface area contributed by atoms with E-state index >= 15 is 0 Å². The van der Waals surface area contributed by atoms with Gasteiger partial charge in [-0.25, -0.2) is 33.7 Å². The van der Waals surface area contributed by atoms with E-state index in [9.17, 15) is 66.9 Å². The molecule has 0 aliphatic heterocycles. The molecule has 0 aliphatic carbocycles. The van der Waals surface area contributed by atoms with Gasteiger partial charge in [0.05, 0.1) is 11.2 Å². The molecule has 546 valence electrons. The quantitative estimate of drug-likeness (QED) is 0.0157. The molecule has 0 fully saturated rings. The number of alkyl halides is 3. The summed E-state index contributed by atoms with van der Waals surface area (Å²) in [5.41, 5.74) is -0.225. The van der Waals surface area contributed by atoms with E-state index < -0.39 is 98.0 Å². The van der Waals surface area contributed by atoms with E-state index in [4.69, 9.17) is 73.5 Å². The predicted octanol–water partition coefficient (Wildman–Crippen LogP) is 4.86. The molecule has 0 saturated carbocycles. The zero-order valence-corrected chi connectivity index (χ0v) is 79.1. The summed E-state index contributed by atoms with van der Waals surface area (Å²) in [5, 5.41) is 30.1. The summed E-state index contributed by atoms with van der Waals surface area (Å²) in [6.45, 7) is -0.181. The van der Waals surface area contributed by atoms with Gasteiger partial charge in [0.25, 0.3) is 56.0 Å². The maximum Gasteiger partial charge on any atom is 1.00 e. The molecule has 6 N–H and O–H groups in total. The minimum Gasteiger partial charge on any atom is -1.00 e. The second-order valence-electron chi connectivity index (χ2n) is 18.8. The van der Waals surface area contributed by atoms with Crippen LogP contribution in [0.3, 0.4) is 0 Å². The molecule has 0 bridgehead atoms. The van der Waals surface area contributed by atoms with E-state index in [1.54, 1.807) is 60.7 Å². The summed E-state index contributed by atoms with van der Waals surface area (Å²) in [7, 11) is -22.8. The molecular formula is C52H61Cl3Cs2N7O25P4S8-. The molecule has 0 radical (unpaired) electrons. The number of nitro groups is 1. The summed E-state index contributed by atoms with van der Waals surface area (Å²) in [6.07, 6.45) is -2.46. The summed E-state index contributed by atoms with van der Waals surface area (Å²) in [4.78, 5) is 51.2. The molecule has 0 aliphatic rings. The van der Waals surface area contributed by atoms with Gasteiger partial charge < -0.3 is 55.0 Å². The van der Waals surface area contributed by atoms with Crippen LogP contribution in [0, 0.1) is 21.4 Å². The molecule has 1 atom stereocenters. The number of nitrogens with zero attached hydrogens (tertiary/aromatic N) is 5. The second kappa shape index (κ2) is 43.6. The number of carbonyl (C=O) groups is 1. The smallest absolute Gasteiger partial charge is 1.00 e. The second-order valence-corrected chi connectivity index (χ2v) is 42.1. The largest absolute Gasteiger partial charge is 1.00 e. The first-order valence-electron chi connectivity index (χ1n) is 26.2. The third kappa shape index (κ3) is 30.9.